The van der Waals surface area contributed by atoms with Crippen LogP contribution in [0.3, 0.4) is 0 Å². The van der Waals surface area contributed by atoms with E-state index in [-0.39, 0.29) is 6.04 Å². The van der Waals surface area contributed by atoms with Crippen LogP contribution in [0.25, 0.3) is 0 Å². The molecule has 1 N–H and O–H groups in total. The van der Waals surface area contributed by atoms with Crippen LogP contribution in [0.15, 0.2) is 12.4 Å². The van der Waals surface area contributed by atoms with Gasteiger partial charge in [0.15, 0.2) is 0 Å². The van der Waals surface area contributed by atoms with Gasteiger partial charge >= 0.3 is 5.97 Å². The SMILES string of the molecule is Cn1cc(CN2CCC[C@H]2C(=O)O)cn1. The number of nitrogens with zero attached hydrogens (tertiary/aromatic N) is 3. The third kappa shape index (κ3) is 2.18. The molecule has 1 atom stereocenters. The molecule has 5 heteroatoms. The lowest BCUT2D eigenvalue weighted by molar-refractivity contribution is -0.142. The number of aliphatic carboxylic acids is 1. The number of hydrogen-bond acceptors (Lipinski definition) is 3. The molecule has 2 rings (SSSR count). The van der Waals surface area contributed by atoms with E-state index in [1.165, 1.54) is 0 Å². The number of rotatable bonds is 3. The van der Waals surface area contributed by atoms with Crippen molar-refractivity contribution in [1.29, 1.82) is 0 Å². The van der Waals surface area contributed by atoms with E-state index < -0.39 is 5.97 Å². The Kier molecular flexibility index (Phi) is 2.73. The molecule has 1 aliphatic heterocycles. The number of hydrogen-bond donors (Lipinski definition) is 1. The van der Waals surface area contributed by atoms with Gasteiger partial charge in [-0.05, 0) is 19.4 Å². The molecule has 1 aliphatic rings. The van der Waals surface area contributed by atoms with Crippen LogP contribution in [0.1, 0.15) is 18.4 Å². The minimum absolute atomic E-state index is 0.315. The summed E-state index contributed by atoms with van der Waals surface area (Å²) in [7, 11) is 1.86. The average molecular weight is 209 g/mol. The summed E-state index contributed by atoms with van der Waals surface area (Å²) in [6.07, 6.45) is 5.45. The predicted octanol–water partition coefficient (Wildman–Crippen LogP) is 0.469. The Labute approximate surface area is 88.3 Å². The monoisotopic (exact) mass is 209 g/mol. The van der Waals surface area contributed by atoms with Gasteiger partial charge in [0.05, 0.1) is 6.20 Å². The number of likely N-dealkylation sites (tertiary alicyclic amines) is 1. The molecule has 0 spiro atoms. The van der Waals surface area contributed by atoms with E-state index in [0.717, 1.165) is 24.9 Å². The largest absolute Gasteiger partial charge is 0.480 e. The van der Waals surface area contributed by atoms with Crippen molar-refractivity contribution in [3.8, 4) is 0 Å². The van der Waals surface area contributed by atoms with Gasteiger partial charge in [0, 0.05) is 25.4 Å². The van der Waals surface area contributed by atoms with E-state index in [0.29, 0.717) is 6.54 Å². The molecule has 1 saturated heterocycles. The highest BCUT2D eigenvalue weighted by Gasteiger charge is 2.30. The molecule has 1 aromatic heterocycles. The van der Waals surface area contributed by atoms with Gasteiger partial charge in [0.25, 0.3) is 0 Å². The Morgan fingerprint density at radius 3 is 3.13 bits per heavy atom. The zero-order valence-corrected chi connectivity index (χ0v) is 8.76. The molecule has 0 radical (unpaired) electrons. The van der Waals surface area contributed by atoms with Crippen molar-refractivity contribution in [2.45, 2.75) is 25.4 Å². The van der Waals surface area contributed by atoms with E-state index in [4.69, 9.17) is 5.11 Å². The Hall–Kier alpha value is -1.36. The average Bonchev–Trinajstić information content (AvgIpc) is 2.75. The van der Waals surface area contributed by atoms with Crippen LogP contribution in [0.4, 0.5) is 0 Å². The van der Waals surface area contributed by atoms with E-state index >= 15 is 0 Å². The first-order valence-corrected chi connectivity index (χ1v) is 5.11. The van der Waals surface area contributed by atoms with E-state index in [9.17, 15) is 4.79 Å². The second-order valence-corrected chi connectivity index (χ2v) is 3.99. The maximum Gasteiger partial charge on any atom is 0.320 e. The number of carboxylic acids is 1. The molecule has 1 aromatic rings. The molecule has 1 fully saturated rings. The van der Waals surface area contributed by atoms with Crippen molar-refractivity contribution in [3.63, 3.8) is 0 Å². The molecule has 15 heavy (non-hydrogen) atoms. The topological polar surface area (TPSA) is 58.4 Å². The predicted molar refractivity (Wildman–Crippen MR) is 54.3 cm³/mol. The van der Waals surface area contributed by atoms with E-state index in [1.807, 2.05) is 18.1 Å². The normalized spacial score (nSPS) is 22.1. The van der Waals surface area contributed by atoms with Gasteiger partial charge < -0.3 is 5.11 Å². The Morgan fingerprint density at radius 1 is 1.73 bits per heavy atom. The van der Waals surface area contributed by atoms with Gasteiger partial charge in [-0.1, -0.05) is 0 Å². The minimum atomic E-state index is -0.712. The van der Waals surface area contributed by atoms with Crippen molar-refractivity contribution in [1.82, 2.24) is 14.7 Å². The van der Waals surface area contributed by atoms with Crippen LogP contribution in [-0.4, -0.2) is 38.3 Å². The van der Waals surface area contributed by atoms with Gasteiger partial charge in [0.2, 0.25) is 0 Å². The van der Waals surface area contributed by atoms with Crippen LogP contribution in [-0.2, 0) is 18.4 Å². The lowest BCUT2D eigenvalue weighted by Gasteiger charge is -2.19. The van der Waals surface area contributed by atoms with Crippen LogP contribution in [0.2, 0.25) is 0 Å². The van der Waals surface area contributed by atoms with Gasteiger partial charge in [-0.25, -0.2) is 0 Å². The lowest BCUT2D eigenvalue weighted by atomic mass is 10.2. The first kappa shape index (κ1) is 10.2. The Bertz CT molecular complexity index is 361. The minimum Gasteiger partial charge on any atom is -0.480 e. The summed E-state index contributed by atoms with van der Waals surface area (Å²) < 4.78 is 1.74. The molecule has 82 valence electrons. The molecular weight excluding hydrogens is 194 g/mol. The fraction of sp³-hybridized carbons (Fsp3) is 0.600. The third-order valence-corrected chi connectivity index (χ3v) is 2.79. The molecular formula is C10H15N3O2. The molecule has 0 amide bonds. The Morgan fingerprint density at radius 2 is 2.53 bits per heavy atom. The maximum atomic E-state index is 10.9. The first-order chi connectivity index (χ1) is 7.16. The van der Waals surface area contributed by atoms with Crippen LogP contribution < -0.4 is 0 Å². The van der Waals surface area contributed by atoms with Crippen LogP contribution >= 0.6 is 0 Å². The molecule has 5 nitrogen and oxygen atoms in total. The fourth-order valence-electron chi connectivity index (χ4n) is 2.08. The number of carbonyl (C=O) groups is 1. The molecule has 0 unspecified atom stereocenters. The molecule has 0 bridgehead atoms. The number of carboxylic acid groups (broad SMARTS) is 1. The van der Waals surface area contributed by atoms with Crippen LogP contribution in [0, 0.1) is 0 Å². The van der Waals surface area contributed by atoms with Crippen molar-refractivity contribution in [2.24, 2.45) is 7.05 Å². The van der Waals surface area contributed by atoms with Gasteiger partial charge in [-0.2, -0.15) is 5.10 Å². The number of aromatic nitrogens is 2. The highest BCUT2D eigenvalue weighted by molar-refractivity contribution is 5.73. The summed E-state index contributed by atoms with van der Waals surface area (Å²) in [5, 5.41) is 13.1. The molecule has 0 aliphatic carbocycles. The van der Waals surface area contributed by atoms with E-state index in [2.05, 4.69) is 5.10 Å². The maximum absolute atomic E-state index is 10.9. The van der Waals surface area contributed by atoms with Gasteiger partial charge in [-0.3, -0.25) is 14.4 Å². The third-order valence-electron chi connectivity index (χ3n) is 2.79. The van der Waals surface area contributed by atoms with Crippen molar-refractivity contribution >= 4 is 5.97 Å². The zero-order valence-electron chi connectivity index (χ0n) is 8.76. The first-order valence-electron chi connectivity index (χ1n) is 5.11. The smallest absolute Gasteiger partial charge is 0.320 e. The van der Waals surface area contributed by atoms with Crippen molar-refractivity contribution in [3.05, 3.63) is 18.0 Å². The summed E-state index contributed by atoms with van der Waals surface area (Å²) in [4.78, 5) is 12.9. The molecule has 0 aromatic carbocycles. The summed E-state index contributed by atoms with van der Waals surface area (Å²) in [5.74, 6) is -0.712. The van der Waals surface area contributed by atoms with Crippen molar-refractivity contribution in [2.75, 3.05) is 6.54 Å². The second kappa shape index (κ2) is 4.02. The summed E-state index contributed by atoms with van der Waals surface area (Å²) in [6.45, 7) is 1.55. The van der Waals surface area contributed by atoms with Crippen LogP contribution in [0.5, 0.6) is 0 Å². The highest BCUT2D eigenvalue weighted by Crippen LogP contribution is 2.19. The quantitative estimate of drug-likeness (QED) is 0.786. The summed E-state index contributed by atoms with van der Waals surface area (Å²) >= 11 is 0. The van der Waals surface area contributed by atoms with Gasteiger partial charge in [-0.15, -0.1) is 0 Å². The fourth-order valence-corrected chi connectivity index (χ4v) is 2.08. The van der Waals surface area contributed by atoms with Gasteiger partial charge in [0.1, 0.15) is 6.04 Å². The highest BCUT2D eigenvalue weighted by atomic mass is 16.4. The lowest BCUT2D eigenvalue weighted by Crippen LogP contribution is -2.35. The molecule has 0 saturated carbocycles. The summed E-state index contributed by atoms with van der Waals surface area (Å²) in [6, 6.07) is -0.315. The Balaban J connectivity index is 2.02. The standard InChI is InChI=1S/C10H15N3O2/c1-12-6-8(5-11-12)7-13-4-2-3-9(13)10(14)15/h5-6,9H,2-4,7H2,1H3,(H,14,15)/t9-/m0/s1. The zero-order chi connectivity index (χ0) is 10.8. The second-order valence-electron chi connectivity index (χ2n) is 3.99. The van der Waals surface area contributed by atoms with E-state index in [1.54, 1.807) is 10.9 Å². The summed E-state index contributed by atoms with van der Waals surface area (Å²) in [5.41, 5.74) is 1.07. The molecule has 2 heterocycles. The van der Waals surface area contributed by atoms with Crippen molar-refractivity contribution < 1.29 is 9.90 Å². The number of aryl methyl sites for hydroxylation is 1.